The highest BCUT2D eigenvalue weighted by atomic mass is 16.5. The highest BCUT2D eigenvalue weighted by Crippen LogP contribution is 2.35. The molecule has 0 fully saturated rings. The van der Waals surface area contributed by atoms with Crippen molar-refractivity contribution in [3.05, 3.63) is 64.4 Å². The molecule has 0 N–H and O–H groups in total. The zero-order valence-electron chi connectivity index (χ0n) is 21.7. The molecule has 5 nitrogen and oxygen atoms in total. The maximum Gasteiger partial charge on any atom is 0.297 e. The molecule has 3 rings (SSSR count). The molecule has 0 amide bonds. The average Bonchev–Trinajstić information content (AvgIpc) is 2.88. The van der Waals surface area contributed by atoms with Crippen LogP contribution in [0.15, 0.2) is 53.3 Å². The summed E-state index contributed by atoms with van der Waals surface area (Å²) < 4.78 is 20.3. The van der Waals surface area contributed by atoms with Gasteiger partial charge < -0.3 is 18.8 Å². The number of rotatable bonds is 16. The molecule has 0 radical (unpaired) electrons. The van der Waals surface area contributed by atoms with Crippen molar-refractivity contribution >= 4 is 10.9 Å². The second kappa shape index (κ2) is 14.4. The van der Waals surface area contributed by atoms with Crippen LogP contribution in [-0.2, 0) is 13.2 Å². The zero-order chi connectivity index (χ0) is 24.9. The Hall–Kier alpha value is -2.95. The lowest BCUT2D eigenvalue weighted by atomic mass is 10.1. The first kappa shape index (κ1) is 26.7. The molecule has 1 aromatic heterocycles. The summed E-state index contributed by atoms with van der Waals surface area (Å²) in [6.45, 7) is 8.65. The number of fused-ring (bicyclic) bond motifs is 1. The fraction of sp³-hybridized carbons (Fsp3) is 0.500. The summed E-state index contributed by atoms with van der Waals surface area (Å²) in [4.78, 5) is 13.8. The van der Waals surface area contributed by atoms with Gasteiger partial charge in [0.1, 0.15) is 12.4 Å². The van der Waals surface area contributed by atoms with E-state index in [1.54, 1.807) is 0 Å². The Morgan fingerprint density at radius 2 is 1.46 bits per heavy atom. The Morgan fingerprint density at radius 3 is 2.20 bits per heavy atom. The minimum Gasteiger partial charge on any atom is -0.494 e. The van der Waals surface area contributed by atoms with Crippen molar-refractivity contribution in [2.75, 3.05) is 13.2 Å². The lowest BCUT2D eigenvalue weighted by Crippen LogP contribution is -2.24. The Balaban J connectivity index is 2.03. The highest BCUT2D eigenvalue weighted by molar-refractivity contribution is 5.89. The summed E-state index contributed by atoms with van der Waals surface area (Å²) in [5.74, 6) is 1.63. The molecule has 0 aliphatic heterocycles. The molecule has 1 heterocycles. The van der Waals surface area contributed by atoms with Crippen molar-refractivity contribution in [1.29, 1.82) is 0 Å². The minimum atomic E-state index is -0.142. The standard InChI is InChI=1S/C30H41NO4/c1-4-7-10-14-21-34-28-26-18-17-25(33-20-9-6-3)22-27(26)31(19-8-5-2)30(32)29(28)35-23-24-15-12-11-13-16-24/h11-13,15-18,22H,4-10,14,19-21,23H2,1-3H3. The van der Waals surface area contributed by atoms with E-state index < -0.39 is 0 Å². The van der Waals surface area contributed by atoms with Gasteiger partial charge in [0.15, 0.2) is 5.75 Å². The first-order valence-electron chi connectivity index (χ1n) is 13.3. The van der Waals surface area contributed by atoms with Gasteiger partial charge in [0, 0.05) is 18.0 Å². The monoisotopic (exact) mass is 479 g/mol. The number of aryl methyl sites for hydroxylation is 1. The van der Waals surface area contributed by atoms with E-state index in [9.17, 15) is 4.79 Å². The van der Waals surface area contributed by atoms with Gasteiger partial charge in [0.2, 0.25) is 5.75 Å². The van der Waals surface area contributed by atoms with Crippen LogP contribution in [-0.4, -0.2) is 17.8 Å². The smallest absolute Gasteiger partial charge is 0.297 e. The Morgan fingerprint density at radius 1 is 0.714 bits per heavy atom. The summed E-state index contributed by atoms with van der Waals surface area (Å²) >= 11 is 0. The molecule has 35 heavy (non-hydrogen) atoms. The summed E-state index contributed by atoms with van der Waals surface area (Å²) in [6, 6.07) is 15.9. The normalized spacial score (nSPS) is 11.1. The quantitative estimate of drug-likeness (QED) is 0.199. The molecule has 0 spiro atoms. The van der Waals surface area contributed by atoms with Crippen LogP contribution in [0.25, 0.3) is 10.9 Å². The lowest BCUT2D eigenvalue weighted by molar-refractivity contribution is 0.255. The van der Waals surface area contributed by atoms with Crippen LogP contribution in [0.2, 0.25) is 0 Å². The summed E-state index contributed by atoms with van der Waals surface area (Å²) in [5, 5.41) is 0.891. The van der Waals surface area contributed by atoms with Crippen molar-refractivity contribution in [2.45, 2.75) is 85.3 Å². The SMILES string of the molecule is CCCCCCOc1c(OCc2ccccc2)c(=O)n(CCCC)c2cc(OCCCC)ccc12. The van der Waals surface area contributed by atoms with Crippen LogP contribution in [0.5, 0.6) is 17.2 Å². The Bertz CT molecular complexity index is 1090. The number of hydrogen-bond donors (Lipinski definition) is 0. The highest BCUT2D eigenvalue weighted by Gasteiger charge is 2.20. The predicted octanol–water partition coefficient (Wildman–Crippen LogP) is 7.52. The third kappa shape index (κ3) is 7.51. The van der Waals surface area contributed by atoms with Gasteiger partial charge in [-0.2, -0.15) is 0 Å². The molecule has 3 aromatic rings. The molecule has 0 unspecified atom stereocenters. The Kier molecular flexibility index (Phi) is 11.0. The summed E-state index contributed by atoms with van der Waals surface area (Å²) in [6.07, 6.45) is 8.39. The van der Waals surface area contributed by atoms with Crippen molar-refractivity contribution in [1.82, 2.24) is 4.57 Å². The van der Waals surface area contributed by atoms with Crippen LogP contribution >= 0.6 is 0 Å². The molecule has 5 heteroatoms. The fourth-order valence-electron chi connectivity index (χ4n) is 4.04. The molecule has 0 bridgehead atoms. The molecule has 0 saturated carbocycles. The lowest BCUT2D eigenvalue weighted by Gasteiger charge is -2.19. The van der Waals surface area contributed by atoms with E-state index in [0.717, 1.165) is 60.7 Å². The van der Waals surface area contributed by atoms with Crippen LogP contribution < -0.4 is 19.8 Å². The third-order valence-corrected chi connectivity index (χ3v) is 6.12. The van der Waals surface area contributed by atoms with Crippen LogP contribution in [0.4, 0.5) is 0 Å². The number of benzene rings is 2. The average molecular weight is 480 g/mol. The van der Waals surface area contributed by atoms with E-state index in [-0.39, 0.29) is 5.56 Å². The maximum atomic E-state index is 13.8. The molecular weight excluding hydrogens is 438 g/mol. The van der Waals surface area contributed by atoms with Gasteiger partial charge in [-0.1, -0.05) is 83.2 Å². The molecule has 0 aliphatic rings. The van der Waals surface area contributed by atoms with E-state index in [2.05, 4.69) is 20.8 Å². The van der Waals surface area contributed by atoms with Crippen molar-refractivity contribution < 1.29 is 14.2 Å². The van der Waals surface area contributed by atoms with Crippen LogP contribution in [0, 0.1) is 0 Å². The summed E-state index contributed by atoms with van der Waals surface area (Å²) in [7, 11) is 0. The number of nitrogens with zero attached hydrogens (tertiary/aromatic N) is 1. The largest absolute Gasteiger partial charge is 0.494 e. The predicted molar refractivity (Wildman–Crippen MR) is 144 cm³/mol. The minimum absolute atomic E-state index is 0.142. The molecule has 0 saturated heterocycles. The molecule has 190 valence electrons. The molecular formula is C30H41NO4. The van der Waals surface area contributed by atoms with E-state index in [1.165, 1.54) is 12.8 Å². The van der Waals surface area contributed by atoms with Gasteiger partial charge >= 0.3 is 0 Å². The summed E-state index contributed by atoms with van der Waals surface area (Å²) in [5.41, 5.74) is 1.71. The Labute approximate surface area is 210 Å². The molecule has 0 aliphatic carbocycles. The van der Waals surface area contributed by atoms with Crippen LogP contribution in [0.3, 0.4) is 0 Å². The van der Waals surface area contributed by atoms with Crippen molar-refractivity contribution in [2.24, 2.45) is 0 Å². The first-order valence-corrected chi connectivity index (χ1v) is 13.3. The zero-order valence-corrected chi connectivity index (χ0v) is 21.7. The van der Waals surface area contributed by atoms with Crippen molar-refractivity contribution in [3.63, 3.8) is 0 Å². The van der Waals surface area contributed by atoms with Crippen molar-refractivity contribution in [3.8, 4) is 17.2 Å². The number of aromatic nitrogens is 1. The molecule has 2 aromatic carbocycles. The van der Waals surface area contributed by atoms with Gasteiger partial charge in [0.05, 0.1) is 18.7 Å². The maximum absolute atomic E-state index is 13.8. The second-order valence-electron chi connectivity index (χ2n) is 9.03. The first-order chi connectivity index (χ1) is 17.2. The van der Waals surface area contributed by atoms with Gasteiger partial charge in [-0.05, 0) is 37.0 Å². The van der Waals surface area contributed by atoms with E-state index in [1.807, 2.05) is 53.1 Å². The molecule has 0 atom stereocenters. The van der Waals surface area contributed by atoms with E-state index in [4.69, 9.17) is 14.2 Å². The third-order valence-electron chi connectivity index (χ3n) is 6.12. The topological polar surface area (TPSA) is 49.7 Å². The van der Waals surface area contributed by atoms with E-state index in [0.29, 0.717) is 37.9 Å². The van der Waals surface area contributed by atoms with Gasteiger partial charge in [-0.25, -0.2) is 0 Å². The number of ether oxygens (including phenoxy) is 3. The second-order valence-corrected chi connectivity index (χ2v) is 9.03. The number of pyridine rings is 1. The van der Waals surface area contributed by atoms with Crippen LogP contribution in [0.1, 0.15) is 77.7 Å². The van der Waals surface area contributed by atoms with E-state index >= 15 is 0 Å². The fourth-order valence-corrected chi connectivity index (χ4v) is 4.04. The van der Waals surface area contributed by atoms with Gasteiger partial charge in [-0.3, -0.25) is 4.79 Å². The number of hydrogen-bond acceptors (Lipinski definition) is 4. The number of unbranched alkanes of at least 4 members (excludes halogenated alkanes) is 5. The van der Waals surface area contributed by atoms with Gasteiger partial charge in [0.25, 0.3) is 5.56 Å². The van der Waals surface area contributed by atoms with Gasteiger partial charge in [-0.15, -0.1) is 0 Å².